The number of carboxylic acids is 1. The van der Waals surface area contributed by atoms with Gasteiger partial charge in [0.05, 0.1) is 26.6 Å². The Morgan fingerprint density at radius 2 is 1.49 bits per heavy atom. The Kier molecular flexibility index (Phi) is 21.2. The molecule has 0 radical (unpaired) electrons. The predicted molar refractivity (Wildman–Crippen MR) is 187 cm³/mol. The number of carbonyl (C=O) groups excluding carboxylic acids is 4. The van der Waals surface area contributed by atoms with E-state index < -0.39 is 47.8 Å². The fraction of sp³-hybridized carbons (Fsp3) is 0.605. The second-order valence-corrected chi connectivity index (χ2v) is 12.6. The molecule has 3 atom stereocenters. The number of methoxy groups -OCH3 is 2. The first-order valence-electron chi connectivity index (χ1n) is 17.3. The summed E-state index contributed by atoms with van der Waals surface area (Å²) in [5.74, 6) is -5.41. The van der Waals surface area contributed by atoms with Gasteiger partial charge in [-0.2, -0.15) is 0 Å². The number of rotatable bonds is 26. The summed E-state index contributed by atoms with van der Waals surface area (Å²) >= 11 is 0. The number of amides is 1. The van der Waals surface area contributed by atoms with Gasteiger partial charge in [0.25, 0.3) is 0 Å². The Morgan fingerprint density at radius 1 is 0.878 bits per heavy atom. The third-order valence-electron chi connectivity index (χ3n) is 8.18. The van der Waals surface area contributed by atoms with Crippen LogP contribution in [-0.4, -0.2) is 72.3 Å². The van der Waals surface area contributed by atoms with Crippen molar-refractivity contribution in [3.63, 3.8) is 0 Å². The van der Waals surface area contributed by atoms with E-state index in [1.165, 1.54) is 25.3 Å². The molecule has 3 N–H and O–H groups in total. The molecular formula is C38H57NO10. The minimum atomic E-state index is -2.85. The largest absolute Gasteiger partial charge is 0.490 e. The highest BCUT2D eigenvalue weighted by atomic mass is 16.5. The molecule has 49 heavy (non-hydrogen) atoms. The monoisotopic (exact) mass is 687 g/mol. The minimum Gasteiger partial charge on any atom is -0.490 e. The quantitative estimate of drug-likeness (QED) is 0.0593. The number of allylic oxidation sites excluding steroid dienone is 2. The van der Waals surface area contributed by atoms with Gasteiger partial charge in [-0.3, -0.25) is 14.4 Å². The van der Waals surface area contributed by atoms with Crippen LogP contribution >= 0.6 is 0 Å². The maximum Gasteiger partial charge on any atom is 0.337 e. The van der Waals surface area contributed by atoms with Gasteiger partial charge in [-0.05, 0) is 63.3 Å². The summed E-state index contributed by atoms with van der Waals surface area (Å²) in [6, 6.07) is 5.69. The highest BCUT2D eigenvalue weighted by molar-refractivity contribution is 5.95. The van der Waals surface area contributed by atoms with Gasteiger partial charge < -0.3 is 29.7 Å². The number of ether oxygens (including phenoxy) is 3. The molecule has 1 rings (SSSR count). The lowest BCUT2D eigenvalue weighted by Crippen LogP contribution is -2.55. The second-order valence-electron chi connectivity index (χ2n) is 12.6. The molecule has 0 saturated carbocycles. The van der Waals surface area contributed by atoms with E-state index in [1.54, 1.807) is 30.3 Å². The Bertz CT molecular complexity index is 1240. The average Bonchev–Trinajstić information content (AvgIpc) is 3.07. The minimum absolute atomic E-state index is 0.00690. The van der Waals surface area contributed by atoms with Gasteiger partial charge >= 0.3 is 17.9 Å². The molecular weight excluding hydrogens is 630 g/mol. The number of aliphatic carboxylic acids is 1. The molecule has 274 valence electrons. The molecule has 0 bridgehead atoms. The summed E-state index contributed by atoms with van der Waals surface area (Å²) in [7, 11) is 2.20. The van der Waals surface area contributed by atoms with Crippen LogP contribution in [0.25, 0.3) is 0 Å². The first-order valence-corrected chi connectivity index (χ1v) is 17.3. The molecule has 0 spiro atoms. The van der Waals surface area contributed by atoms with Crippen molar-refractivity contribution in [2.24, 2.45) is 5.92 Å². The topological polar surface area (TPSA) is 166 Å². The van der Waals surface area contributed by atoms with E-state index in [2.05, 4.69) is 17.0 Å². The Hall–Kier alpha value is -3.99. The van der Waals surface area contributed by atoms with Gasteiger partial charge in [-0.15, -0.1) is 0 Å². The third-order valence-corrected chi connectivity index (χ3v) is 8.18. The summed E-state index contributed by atoms with van der Waals surface area (Å²) in [6.07, 6.45) is 14.2. The number of aliphatic hydroxyl groups is 1. The molecule has 11 nitrogen and oxygen atoms in total. The number of hydrogen-bond acceptors (Lipinski definition) is 9. The molecule has 11 heteroatoms. The highest BCUT2D eigenvalue weighted by Gasteiger charge is 2.49. The maximum atomic E-state index is 13.6. The van der Waals surface area contributed by atoms with Crippen LogP contribution in [0.15, 0.2) is 48.1 Å². The Balaban J connectivity index is 2.94. The SMILES string of the molecule is CCCCCCCC(=O)CCCCCCC=CC(C(=O)NC(Cc1ccc(OCC=C(C)C)cc1)C(=O)OC)C(O)(CC(=O)OC)C(=O)O. The lowest BCUT2D eigenvalue weighted by Gasteiger charge is -2.30. The fourth-order valence-electron chi connectivity index (χ4n) is 5.15. The second kappa shape index (κ2) is 24.2. The number of ketones is 1. The van der Waals surface area contributed by atoms with E-state index in [-0.39, 0.29) is 12.2 Å². The normalized spacial score (nSPS) is 13.5. The van der Waals surface area contributed by atoms with Crippen molar-refractivity contribution in [2.75, 3.05) is 20.8 Å². The number of carboxylic acid groups (broad SMARTS) is 1. The van der Waals surface area contributed by atoms with Crippen molar-refractivity contribution in [1.29, 1.82) is 0 Å². The molecule has 0 heterocycles. The third kappa shape index (κ3) is 17.3. The zero-order valence-corrected chi connectivity index (χ0v) is 30.0. The van der Waals surface area contributed by atoms with Gasteiger partial charge in [0.2, 0.25) is 5.91 Å². The summed E-state index contributed by atoms with van der Waals surface area (Å²) in [6.45, 7) is 6.49. The number of nitrogens with one attached hydrogen (secondary N) is 1. The molecule has 0 aromatic heterocycles. The summed E-state index contributed by atoms with van der Waals surface area (Å²) in [4.78, 5) is 62.8. The van der Waals surface area contributed by atoms with Gasteiger partial charge in [0, 0.05) is 19.3 Å². The molecule has 1 aromatic rings. The van der Waals surface area contributed by atoms with Crippen LogP contribution in [0.2, 0.25) is 0 Å². The number of esters is 2. The van der Waals surface area contributed by atoms with Gasteiger partial charge in [0.15, 0.2) is 5.60 Å². The maximum absolute atomic E-state index is 13.6. The Labute approximate surface area is 291 Å². The zero-order valence-electron chi connectivity index (χ0n) is 30.0. The van der Waals surface area contributed by atoms with Crippen molar-refractivity contribution in [3.8, 4) is 5.75 Å². The first kappa shape index (κ1) is 43.0. The van der Waals surface area contributed by atoms with Crippen molar-refractivity contribution in [1.82, 2.24) is 5.32 Å². The van der Waals surface area contributed by atoms with Crippen LogP contribution in [0.4, 0.5) is 0 Å². The van der Waals surface area contributed by atoms with Crippen molar-refractivity contribution < 1.29 is 48.4 Å². The molecule has 0 aliphatic carbocycles. The van der Waals surface area contributed by atoms with E-state index in [4.69, 9.17) is 9.47 Å². The fourth-order valence-corrected chi connectivity index (χ4v) is 5.15. The highest BCUT2D eigenvalue weighted by Crippen LogP contribution is 2.26. The standard InChI is InChI=1S/C38H57NO10/c1-6-7-8-11-14-17-30(40)18-15-12-9-10-13-16-19-32(38(46,37(44)45)27-34(41)47-4)35(42)39-33(36(43)48-5)26-29-20-22-31(23-21-29)49-25-24-28(2)3/h16,19-24,32-33,46H,6-15,17-18,25-27H2,1-5H3,(H,39,42)(H,44,45). The molecule has 1 aromatic carbocycles. The van der Waals surface area contributed by atoms with Crippen LogP contribution in [0.1, 0.15) is 110 Å². The summed E-state index contributed by atoms with van der Waals surface area (Å²) in [5, 5.41) is 23.7. The lowest BCUT2D eigenvalue weighted by atomic mass is 9.82. The number of unbranched alkanes of at least 4 members (excludes halogenated alkanes) is 8. The summed E-state index contributed by atoms with van der Waals surface area (Å²) < 4.78 is 15.2. The molecule has 1 amide bonds. The van der Waals surface area contributed by atoms with E-state index in [1.807, 2.05) is 19.9 Å². The van der Waals surface area contributed by atoms with Crippen molar-refractivity contribution in [3.05, 3.63) is 53.6 Å². The van der Waals surface area contributed by atoms with Gasteiger partial charge in [-0.25, -0.2) is 9.59 Å². The number of Topliss-reactive ketones (excluding diaryl/α,β-unsaturated/α-hetero) is 1. The van der Waals surface area contributed by atoms with Gasteiger partial charge in [-0.1, -0.05) is 75.3 Å². The zero-order chi connectivity index (χ0) is 36.7. The van der Waals surface area contributed by atoms with Crippen molar-refractivity contribution >= 4 is 29.6 Å². The smallest absolute Gasteiger partial charge is 0.337 e. The molecule has 0 aliphatic rings. The number of hydrogen-bond donors (Lipinski definition) is 3. The first-order chi connectivity index (χ1) is 23.4. The molecule has 3 unspecified atom stereocenters. The van der Waals surface area contributed by atoms with Crippen LogP contribution < -0.4 is 10.1 Å². The van der Waals surface area contributed by atoms with Gasteiger partial charge in [0.1, 0.15) is 24.2 Å². The van der Waals surface area contributed by atoms with Crippen molar-refractivity contribution in [2.45, 2.75) is 122 Å². The van der Waals surface area contributed by atoms with Crippen LogP contribution in [-0.2, 0) is 39.9 Å². The average molecular weight is 688 g/mol. The summed E-state index contributed by atoms with van der Waals surface area (Å²) in [5.41, 5.74) is -1.07. The van der Waals surface area contributed by atoms with Crippen LogP contribution in [0.3, 0.4) is 0 Å². The number of carbonyl (C=O) groups is 5. The number of benzene rings is 1. The molecule has 0 aliphatic heterocycles. The molecule has 0 fully saturated rings. The van der Waals surface area contributed by atoms with Crippen LogP contribution in [0.5, 0.6) is 5.75 Å². The molecule has 0 saturated heterocycles. The van der Waals surface area contributed by atoms with E-state index >= 15 is 0 Å². The Morgan fingerprint density at radius 3 is 2.04 bits per heavy atom. The van der Waals surface area contributed by atoms with E-state index in [9.17, 15) is 34.2 Å². The van der Waals surface area contributed by atoms with Crippen LogP contribution in [0, 0.1) is 5.92 Å². The van der Waals surface area contributed by atoms with E-state index in [0.717, 1.165) is 51.9 Å². The lowest BCUT2D eigenvalue weighted by molar-refractivity contribution is -0.173. The van der Waals surface area contributed by atoms with E-state index in [0.29, 0.717) is 43.6 Å². The predicted octanol–water partition coefficient (Wildman–Crippen LogP) is 6.05.